The first-order chi connectivity index (χ1) is 41.8. The normalized spacial score (nSPS) is 17.7. The van der Waals surface area contributed by atoms with Crippen LogP contribution in [0.1, 0.15) is 118 Å². The third-order valence-electron chi connectivity index (χ3n) is 16.8. The van der Waals surface area contributed by atoms with E-state index in [4.69, 9.17) is 28.9 Å². The smallest absolute Gasteiger partial charge is 0.306 e. The van der Waals surface area contributed by atoms with Crippen molar-refractivity contribution in [1.82, 2.24) is 41.0 Å². The van der Waals surface area contributed by atoms with Gasteiger partial charge in [0.1, 0.15) is 18.1 Å². The third-order valence-corrected chi connectivity index (χ3v) is 16.8. The van der Waals surface area contributed by atoms with E-state index in [9.17, 15) is 43.2 Å². The number of carbonyl (C=O) groups is 9. The summed E-state index contributed by atoms with van der Waals surface area (Å²) in [6.07, 6.45) is 1.59. The molecular weight excluding hydrogens is 1130 g/mol. The van der Waals surface area contributed by atoms with Crippen LogP contribution < -0.4 is 26.7 Å². The van der Waals surface area contributed by atoms with Crippen LogP contribution in [0.3, 0.4) is 0 Å². The summed E-state index contributed by atoms with van der Waals surface area (Å²) in [4.78, 5) is 132. The Bertz CT molecular complexity index is 2540. The van der Waals surface area contributed by atoms with E-state index >= 15 is 0 Å². The average Bonchev–Trinajstić information content (AvgIpc) is 4.12. The lowest BCUT2D eigenvalue weighted by molar-refractivity contribution is -0.148. The molecule has 0 spiro atoms. The maximum Gasteiger partial charge on any atom is 0.306 e. The predicted octanol–water partition coefficient (Wildman–Crippen LogP) is 4.19. The van der Waals surface area contributed by atoms with Gasteiger partial charge < -0.3 is 60.0 Å². The molecule has 0 bridgehead atoms. The fourth-order valence-electron chi connectivity index (χ4n) is 11.5. The Hall–Kier alpha value is -6.57. The number of carboxylic acids is 1. The van der Waals surface area contributed by atoms with E-state index < -0.39 is 84.0 Å². The predicted molar refractivity (Wildman–Crippen MR) is 331 cm³/mol. The topological polar surface area (TPSA) is 293 Å². The lowest BCUT2D eigenvalue weighted by Gasteiger charge is -2.41. The van der Waals surface area contributed by atoms with Gasteiger partial charge in [-0.05, 0) is 87.7 Å². The summed E-state index contributed by atoms with van der Waals surface area (Å²) < 4.78 is 23.1. The number of anilines is 1. The molecule has 2 aromatic rings. The number of nitrogens with zero attached hydrogens (tertiary/aromatic N) is 4. The zero-order valence-electron chi connectivity index (χ0n) is 54.2. The Morgan fingerprint density at radius 1 is 0.682 bits per heavy atom. The molecule has 24 nitrogen and oxygen atoms in total. The molecule has 2 fully saturated rings. The van der Waals surface area contributed by atoms with E-state index in [1.807, 2.05) is 90.9 Å². The summed E-state index contributed by atoms with van der Waals surface area (Å²) in [5, 5.41) is 20.5. The monoisotopic (exact) mass is 1240 g/mol. The number of rotatable bonds is 37. The number of ether oxygens (including phenoxy) is 4. The standard InChI is InChI=1S/C64H101N9O15/c1-14-42(6)57(71(11)63(81)55(40(2)3)68-62(80)56(41(4)5)70(9)10)51(84-12)38-54(76)73-30-18-21-50(73)58(85-13)43(7)59(77)67-49(37-45-19-16-15-17-20-45)61(79)69-88-39-46-22-24-48(25-23-46)66-60(78)44(8)65-52(74)28-33-86-35-36-87-34-29-53(75)72-31-26-47(27-32-72)64(82)83/h15-17,19-20,22-25,40-44,47,49-51,55-58H,14,18,21,26-39H2,1-13H3,(H,65,74)(H,66,78)(H,67,77)(H,68,80)(H,69,79)(H,82,83)/t42-,43+,44+,49-,50-,51+,55-,56?,57-,58+/m0/s1. The molecule has 0 radical (unpaired) electrons. The summed E-state index contributed by atoms with van der Waals surface area (Å²) >= 11 is 0. The van der Waals surface area contributed by atoms with Crippen LogP contribution in [0, 0.1) is 29.6 Å². The number of benzene rings is 2. The van der Waals surface area contributed by atoms with Gasteiger partial charge in [0.05, 0.1) is 88.0 Å². The molecule has 1 unspecified atom stereocenters. The minimum absolute atomic E-state index is 0.00293. The molecule has 0 saturated carbocycles. The van der Waals surface area contributed by atoms with Crippen LogP contribution in [-0.2, 0) is 80.0 Å². The first kappa shape index (κ1) is 73.9. The van der Waals surface area contributed by atoms with Crippen molar-refractivity contribution >= 4 is 58.9 Å². The molecule has 2 heterocycles. The van der Waals surface area contributed by atoms with Crippen LogP contribution in [0.15, 0.2) is 54.6 Å². The van der Waals surface area contributed by atoms with Crippen molar-refractivity contribution in [1.29, 1.82) is 0 Å². The first-order valence-electron chi connectivity index (χ1n) is 31.0. The number of carboxylic acid groups (broad SMARTS) is 1. The van der Waals surface area contributed by atoms with Gasteiger partial charge >= 0.3 is 5.97 Å². The maximum absolute atomic E-state index is 14.5. The Kier molecular flexibility index (Phi) is 31.4. The van der Waals surface area contributed by atoms with Gasteiger partial charge in [0.15, 0.2) is 0 Å². The van der Waals surface area contributed by atoms with Crippen molar-refractivity contribution in [2.45, 2.75) is 168 Å². The average molecular weight is 1240 g/mol. The van der Waals surface area contributed by atoms with E-state index in [2.05, 4.69) is 26.7 Å². The number of amides is 8. The van der Waals surface area contributed by atoms with Crippen molar-refractivity contribution in [3.8, 4) is 0 Å². The van der Waals surface area contributed by atoms with Gasteiger partial charge in [-0.2, -0.15) is 0 Å². The largest absolute Gasteiger partial charge is 0.481 e. The summed E-state index contributed by atoms with van der Waals surface area (Å²) in [5.74, 6) is -5.11. The Balaban J connectivity index is 1.28. The number of hydrogen-bond donors (Lipinski definition) is 6. The van der Waals surface area contributed by atoms with Crippen LogP contribution in [0.2, 0.25) is 0 Å². The summed E-state index contributed by atoms with van der Waals surface area (Å²) in [6, 6.07) is 11.7. The van der Waals surface area contributed by atoms with Gasteiger partial charge in [-0.15, -0.1) is 0 Å². The number of nitrogens with one attached hydrogen (secondary N) is 5. The molecule has 2 aliphatic heterocycles. The van der Waals surface area contributed by atoms with E-state index in [-0.39, 0.29) is 106 Å². The van der Waals surface area contributed by atoms with E-state index in [0.717, 1.165) is 5.56 Å². The van der Waals surface area contributed by atoms with Crippen LogP contribution >= 0.6 is 0 Å². The molecule has 10 atom stereocenters. The molecule has 8 amide bonds. The van der Waals surface area contributed by atoms with Crippen molar-refractivity contribution in [3.05, 3.63) is 65.7 Å². The number of aliphatic carboxylic acids is 1. The molecule has 0 aliphatic carbocycles. The highest BCUT2D eigenvalue weighted by atomic mass is 16.7. The highest BCUT2D eigenvalue weighted by molar-refractivity contribution is 5.97. The van der Waals surface area contributed by atoms with Crippen molar-refractivity contribution < 1.29 is 72.0 Å². The summed E-state index contributed by atoms with van der Waals surface area (Å²) in [7, 11) is 8.41. The maximum atomic E-state index is 14.5. The second-order valence-electron chi connectivity index (χ2n) is 24.2. The molecule has 4 rings (SSSR count). The van der Waals surface area contributed by atoms with E-state index in [1.165, 1.54) is 14.2 Å². The SMILES string of the molecule is CC[C@H](C)[C@@H]([C@@H](CC(=O)N1CCC[C@H]1[C@H](OC)[C@@H](C)C(=O)N[C@@H](Cc1ccccc1)C(=O)NOCc1ccc(NC(=O)[C@@H](C)NC(=O)CCOCCOCCC(=O)N2CCC(C(=O)O)CC2)cc1)OC)N(C)C(=O)[C@@H](NC(=O)C(C(C)C)N(C)C)C(C)C. The van der Waals surface area contributed by atoms with Gasteiger partial charge in [-0.1, -0.05) is 97.4 Å². The van der Waals surface area contributed by atoms with Crippen molar-refractivity contribution in [2.24, 2.45) is 29.6 Å². The Morgan fingerprint density at radius 3 is 1.89 bits per heavy atom. The number of carbonyl (C=O) groups excluding carboxylic acids is 8. The first-order valence-corrected chi connectivity index (χ1v) is 31.0. The molecule has 0 aromatic heterocycles. The molecule has 2 aliphatic rings. The fourth-order valence-corrected chi connectivity index (χ4v) is 11.5. The van der Waals surface area contributed by atoms with Gasteiger partial charge in [-0.3, -0.25) is 52.9 Å². The lowest BCUT2D eigenvalue weighted by atomic mass is 9.89. The molecule has 88 heavy (non-hydrogen) atoms. The zero-order valence-corrected chi connectivity index (χ0v) is 54.2. The fraction of sp³-hybridized carbons (Fsp3) is 0.672. The second kappa shape index (κ2) is 37.4. The minimum Gasteiger partial charge on any atom is -0.481 e. The number of piperidine rings is 1. The van der Waals surface area contributed by atoms with Crippen LogP contribution in [0.25, 0.3) is 0 Å². The third kappa shape index (κ3) is 22.8. The molecule has 24 heteroatoms. The number of likely N-dealkylation sites (tertiary alicyclic amines) is 2. The minimum atomic E-state index is -1.07. The lowest BCUT2D eigenvalue weighted by Crippen LogP contribution is -2.59. The van der Waals surface area contributed by atoms with Gasteiger partial charge in [0, 0.05) is 59.4 Å². The van der Waals surface area contributed by atoms with Gasteiger partial charge in [0.2, 0.25) is 41.4 Å². The van der Waals surface area contributed by atoms with Crippen molar-refractivity contribution in [2.75, 3.05) is 86.7 Å². The number of hydroxylamine groups is 1. The number of hydrogen-bond acceptors (Lipinski definition) is 15. The van der Waals surface area contributed by atoms with Crippen LogP contribution in [0.5, 0.6) is 0 Å². The zero-order chi connectivity index (χ0) is 65.2. The Morgan fingerprint density at radius 2 is 1.32 bits per heavy atom. The molecule has 2 saturated heterocycles. The Labute approximate surface area is 520 Å². The highest BCUT2D eigenvalue weighted by Gasteiger charge is 2.44. The molecule has 2 aromatic carbocycles. The highest BCUT2D eigenvalue weighted by Crippen LogP contribution is 2.30. The molecule has 492 valence electrons. The van der Waals surface area contributed by atoms with E-state index in [1.54, 1.807) is 59.9 Å². The summed E-state index contributed by atoms with van der Waals surface area (Å²) in [5.41, 5.74) is 4.38. The second-order valence-corrected chi connectivity index (χ2v) is 24.2. The quantitative estimate of drug-likeness (QED) is 0.0408. The van der Waals surface area contributed by atoms with Crippen LogP contribution in [0.4, 0.5) is 5.69 Å². The van der Waals surface area contributed by atoms with Crippen molar-refractivity contribution in [3.63, 3.8) is 0 Å². The number of likely N-dealkylation sites (N-methyl/N-ethyl adjacent to an activating group) is 2. The van der Waals surface area contributed by atoms with Gasteiger partial charge in [0.25, 0.3) is 5.91 Å². The molecular formula is C64H101N9O15. The van der Waals surface area contributed by atoms with E-state index in [0.29, 0.717) is 63.0 Å². The number of methoxy groups -OCH3 is 2. The van der Waals surface area contributed by atoms with Crippen LogP contribution in [-0.4, -0.2) is 208 Å². The summed E-state index contributed by atoms with van der Waals surface area (Å²) in [6.45, 7) is 16.9. The van der Waals surface area contributed by atoms with Gasteiger partial charge in [-0.25, -0.2) is 5.48 Å². The molecule has 6 N–H and O–H groups in total.